The zero-order chi connectivity index (χ0) is 14.9. The Balaban J connectivity index is 1.77. The average Bonchev–Trinajstić information content (AvgIpc) is 3.13. The number of nitrogens with two attached hydrogens (primary N) is 1. The average molecular weight is 311 g/mol. The van der Waals surface area contributed by atoms with Crippen LogP contribution in [0.5, 0.6) is 0 Å². The van der Waals surface area contributed by atoms with E-state index in [-0.39, 0.29) is 22.4 Å². The summed E-state index contributed by atoms with van der Waals surface area (Å²) in [4.78, 5) is 2.61. The summed E-state index contributed by atoms with van der Waals surface area (Å²) in [5.41, 5.74) is 7.70. The minimum absolute atomic E-state index is 0.0682. The van der Waals surface area contributed by atoms with E-state index in [4.69, 9.17) is 17.3 Å². The first kappa shape index (κ1) is 15.3. The fourth-order valence-corrected chi connectivity index (χ4v) is 4.30. The van der Waals surface area contributed by atoms with Crippen LogP contribution in [-0.2, 0) is 6.42 Å². The summed E-state index contributed by atoms with van der Waals surface area (Å²) in [7, 11) is 0. The maximum Gasteiger partial charge on any atom is 0.142 e. The molecule has 2 nitrogen and oxygen atoms in total. The van der Waals surface area contributed by atoms with Gasteiger partial charge in [0.2, 0.25) is 0 Å². The molecule has 1 aliphatic heterocycles. The van der Waals surface area contributed by atoms with Gasteiger partial charge in [0.15, 0.2) is 0 Å². The summed E-state index contributed by atoms with van der Waals surface area (Å²) in [5, 5.41) is 0.183. The second-order valence-corrected chi connectivity index (χ2v) is 6.97. The molecule has 1 aromatic carbocycles. The topological polar surface area (TPSA) is 29.3 Å². The van der Waals surface area contributed by atoms with Crippen LogP contribution in [0.4, 0.5) is 4.39 Å². The van der Waals surface area contributed by atoms with Gasteiger partial charge in [0, 0.05) is 11.6 Å². The van der Waals surface area contributed by atoms with Gasteiger partial charge in [0.05, 0.1) is 5.02 Å². The highest BCUT2D eigenvalue weighted by Gasteiger charge is 2.44. The van der Waals surface area contributed by atoms with E-state index in [1.807, 2.05) is 6.07 Å². The third-order valence-corrected chi connectivity index (χ3v) is 5.64. The van der Waals surface area contributed by atoms with Gasteiger partial charge in [-0.05, 0) is 62.9 Å². The van der Waals surface area contributed by atoms with Crippen LogP contribution in [0.25, 0.3) is 0 Å². The van der Waals surface area contributed by atoms with Gasteiger partial charge in [0.25, 0.3) is 0 Å². The zero-order valence-corrected chi connectivity index (χ0v) is 13.2. The van der Waals surface area contributed by atoms with Crippen LogP contribution < -0.4 is 5.73 Å². The molecule has 1 aromatic rings. The van der Waals surface area contributed by atoms with E-state index < -0.39 is 0 Å². The lowest BCUT2D eigenvalue weighted by molar-refractivity contribution is 0.0921. The Bertz CT molecular complexity index is 494. The number of hydrogen-bond donors (Lipinski definition) is 1. The fraction of sp³-hybridized carbons (Fsp3) is 0.647. The molecule has 2 aliphatic rings. The third kappa shape index (κ3) is 2.96. The summed E-state index contributed by atoms with van der Waals surface area (Å²) in [6.07, 6.45) is 8.19. The van der Waals surface area contributed by atoms with Gasteiger partial charge in [-0.15, -0.1) is 0 Å². The summed E-state index contributed by atoms with van der Waals surface area (Å²) >= 11 is 5.76. The first-order valence-electron chi connectivity index (χ1n) is 8.06. The predicted molar refractivity (Wildman–Crippen MR) is 85.1 cm³/mol. The molecule has 4 heteroatoms. The van der Waals surface area contributed by atoms with E-state index in [0.717, 1.165) is 12.0 Å². The Morgan fingerprint density at radius 2 is 1.86 bits per heavy atom. The minimum atomic E-state index is -0.344. The molecule has 0 radical (unpaired) electrons. The highest BCUT2D eigenvalue weighted by atomic mass is 35.5. The van der Waals surface area contributed by atoms with Crippen LogP contribution in [0.3, 0.4) is 0 Å². The molecule has 1 saturated heterocycles. The summed E-state index contributed by atoms with van der Waals surface area (Å²) in [6.45, 7) is 2.34. The molecule has 21 heavy (non-hydrogen) atoms. The maximum atomic E-state index is 13.6. The zero-order valence-electron chi connectivity index (χ0n) is 12.5. The normalized spacial score (nSPS) is 23.6. The van der Waals surface area contributed by atoms with E-state index in [1.165, 1.54) is 57.7 Å². The second-order valence-electron chi connectivity index (χ2n) is 6.56. The SMILES string of the molecule is NC(Cc1ccc(Cl)c(F)c1)C1(N2CCCC2)CCCC1. The van der Waals surface area contributed by atoms with E-state index in [1.54, 1.807) is 6.07 Å². The van der Waals surface area contributed by atoms with Crippen LogP contribution in [0, 0.1) is 5.82 Å². The van der Waals surface area contributed by atoms with Gasteiger partial charge in [-0.2, -0.15) is 0 Å². The molecular formula is C17H24ClFN2. The summed E-state index contributed by atoms with van der Waals surface area (Å²) in [6, 6.07) is 5.14. The molecule has 1 saturated carbocycles. The van der Waals surface area contributed by atoms with E-state index in [2.05, 4.69) is 4.90 Å². The van der Waals surface area contributed by atoms with Crippen molar-refractivity contribution in [2.45, 2.75) is 56.5 Å². The van der Waals surface area contributed by atoms with Crippen molar-refractivity contribution >= 4 is 11.6 Å². The Labute approximate surface area is 131 Å². The molecule has 0 bridgehead atoms. The Morgan fingerprint density at radius 3 is 2.48 bits per heavy atom. The molecule has 3 rings (SSSR count). The molecule has 0 aromatic heterocycles. The lowest BCUT2D eigenvalue weighted by Crippen LogP contribution is -2.58. The van der Waals surface area contributed by atoms with Crippen LogP contribution in [0.1, 0.15) is 44.1 Å². The fourth-order valence-electron chi connectivity index (χ4n) is 4.18. The van der Waals surface area contributed by atoms with E-state index in [0.29, 0.717) is 0 Å². The van der Waals surface area contributed by atoms with E-state index in [9.17, 15) is 4.39 Å². The highest BCUT2D eigenvalue weighted by molar-refractivity contribution is 6.30. The van der Waals surface area contributed by atoms with Gasteiger partial charge in [-0.25, -0.2) is 4.39 Å². The first-order valence-corrected chi connectivity index (χ1v) is 8.44. The van der Waals surface area contributed by atoms with Gasteiger partial charge in [0.1, 0.15) is 5.82 Å². The molecule has 1 aliphatic carbocycles. The van der Waals surface area contributed by atoms with Crippen molar-refractivity contribution in [1.29, 1.82) is 0 Å². The molecule has 2 fully saturated rings. The van der Waals surface area contributed by atoms with Gasteiger partial charge >= 0.3 is 0 Å². The monoisotopic (exact) mass is 310 g/mol. The van der Waals surface area contributed by atoms with Crippen molar-refractivity contribution in [2.75, 3.05) is 13.1 Å². The third-order valence-electron chi connectivity index (χ3n) is 5.34. The number of benzene rings is 1. The van der Waals surface area contributed by atoms with Crippen LogP contribution in [-0.4, -0.2) is 29.6 Å². The highest BCUT2D eigenvalue weighted by Crippen LogP contribution is 2.40. The quantitative estimate of drug-likeness (QED) is 0.917. The lowest BCUT2D eigenvalue weighted by atomic mass is 9.83. The van der Waals surface area contributed by atoms with Crippen molar-refractivity contribution < 1.29 is 4.39 Å². The molecule has 0 amide bonds. The second kappa shape index (κ2) is 6.23. The largest absolute Gasteiger partial charge is 0.326 e. The van der Waals surface area contributed by atoms with Gasteiger partial charge in [-0.3, -0.25) is 4.90 Å². The Hall–Kier alpha value is -0.640. The number of likely N-dealkylation sites (tertiary alicyclic amines) is 1. The maximum absolute atomic E-state index is 13.6. The molecule has 0 spiro atoms. The summed E-state index contributed by atoms with van der Waals surface area (Å²) in [5.74, 6) is -0.344. The van der Waals surface area contributed by atoms with Crippen LogP contribution in [0.2, 0.25) is 5.02 Å². The van der Waals surface area contributed by atoms with E-state index >= 15 is 0 Å². The van der Waals surface area contributed by atoms with Crippen molar-refractivity contribution in [3.63, 3.8) is 0 Å². The van der Waals surface area contributed by atoms with Crippen molar-refractivity contribution in [1.82, 2.24) is 4.90 Å². The minimum Gasteiger partial charge on any atom is -0.326 e. The molecule has 2 N–H and O–H groups in total. The van der Waals surface area contributed by atoms with Crippen molar-refractivity contribution in [3.8, 4) is 0 Å². The van der Waals surface area contributed by atoms with Crippen molar-refractivity contribution in [2.24, 2.45) is 5.73 Å². The Kier molecular flexibility index (Phi) is 4.53. The molecule has 1 unspecified atom stereocenters. The van der Waals surface area contributed by atoms with Crippen LogP contribution in [0.15, 0.2) is 18.2 Å². The van der Waals surface area contributed by atoms with Gasteiger partial charge in [-0.1, -0.05) is 30.5 Å². The summed E-state index contributed by atoms with van der Waals surface area (Å²) < 4.78 is 13.6. The molecule has 1 heterocycles. The number of hydrogen-bond acceptors (Lipinski definition) is 2. The molecule has 1 atom stereocenters. The molecular weight excluding hydrogens is 287 g/mol. The number of nitrogens with zero attached hydrogens (tertiary/aromatic N) is 1. The number of rotatable bonds is 4. The first-order chi connectivity index (χ1) is 10.1. The standard InChI is InChI=1S/C17H24ClFN2/c18-14-6-5-13(11-15(14)19)12-16(20)17(7-1-2-8-17)21-9-3-4-10-21/h5-6,11,16H,1-4,7-10,12,20H2. The number of halogens is 2. The predicted octanol–water partition coefficient (Wildman–Crippen LogP) is 3.76. The Morgan fingerprint density at radius 1 is 1.19 bits per heavy atom. The van der Waals surface area contributed by atoms with Crippen LogP contribution >= 0.6 is 11.6 Å². The smallest absolute Gasteiger partial charge is 0.142 e. The molecule has 116 valence electrons. The van der Waals surface area contributed by atoms with Crippen molar-refractivity contribution in [3.05, 3.63) is 34.6 Å². The lowest BCUT2D eigenvalue weighted by Gasteiger charge is -2.43. The van der Waals surface area contributed by atoms with Gasteiger partial charge < -0.3 is 5.73 Å².